The van der Waals surface area contributed by atoms with Crippen molar-refractivity contribution in [1.29, 1.82) is 0 Å². The zero-order valence-electron chi connectivity index (χ0n) is 10.1. The Morgan fingerprint density at radius 2 is 2.06 bits per heavy atom. The number of fused-ring (bicyclic) bond motifs is 3. The van der Waals surface area contributed by atoms with Gasteiger partial charge in [-0.25, -0.2) is 4.79 Å². The molecule has 0 saturated heterocycles. The van der Waals surface area contributed by atoms with Crippen molar-refractivity contribution in [3.63, 3.8) is 0 Å². The van der Waals surface area contributed by atoms with Gasteiger partial charge in [0.15, 0.2) is 5.60 Å². The maximum absolute atomic E-state index is 11.6. The number of methoxy groups -OCH3 is 1. The number of aryl methyl sites for hydroxylation is 1. The zero-order chi connectivity index (χ0) is 12.8. The Balaban J connectivity index is 2.38. The van der Waals surface area contributed by atoms with Gasteiger partial charge in [-0.2, -0.15) is 0 Å². The fraction of sp³-hybridized carbons (Fsp3) is 0.267. The molecule has 2 aromatic rings. The highest BCUT2D eigenvalue weighted by molar-refractivity contribution is 5.94. The standard InChI is InChI=1S/C15H14O3/c1-18-15(14(16)17)9-8-11-7-6-10-4-2-3-5-12(10)13(11)15/h2-7H,8-9H2,1H3,(H,16,17). The van der Waals surface area contributed by atoms with Crippen LogP contribution < -0.4 is 0 Å². The number of carbonyl (C=O) groups is 1. The maximum atomic E-state index is 11.6. The van der Waals surface area contributed by atoms with E-state index in [0.717, 1.165) is 28.3 Å². The maximum Gasteiger partial charge on any atom is 0.340 e. The molecule has 3 heteroatoms. The number of carboxylic acid groups (broad SMARTS) is 1. The molecule has 3 rings (SSSR count). The second kappa shape index (κ2) is 3.82. The van der Waals surface area contributed by atoms with Crippen molar-refractivity contribution in [2.24, 2.45) is 0 Å². The number of benzene rings is 2. The third kappa shape index (κ3) is 1.31. The van der Waals surface area contributed by atoms with Crippen molar-refractivity contribution >= 4 is 16.7 Å². The van der Waals surface area contributed by atoms with Gasteiger partial charge in [-0.05, 0) is 29.2 Å². The normalized spacial score (nSPS) is 22.1. The number of carboxylic acids is 1. The van der Waals surface area contributed by atoms with E-state index in [2.05, 4.69) is 0 Å². The summed E-state index contributed by atoms with van der Waals surface area (Å²) < 4.78 is 5.40. The van der Waals surface area contributed by atoms with Crippen molar-refractivity contribution < 1.29 is 14.6 Å². The summed E-state index contributed by atoms with van der Waals surface area (Å²) in [6.45, 7) is 0. The lowest BCUT2D eigenvalue weighted by molar-refractivity contribution is -0.163. The van der Waals surface area contributed by atoms with E-state index in [1.807, 2.05) is 36.4 Å². The highest BCUT2D eigenvalue weighted by Gasteiger charge is 2.47. The molecule has 0 aromatic heterocycles. The molecule has 1 N–H and O–H groups in total. The number of hydrogen-bond acceptors (Lipinski definition) is 2. The summed E-state index contributed by atoms with van der Waals surface area (Å²) in [7, 11) is 1.48. The number of hydrogen-bond donors (Lipinski definition) is 1. The zero-order valence-corrected chi connectivity index (χ0v) is 10.1. The minimum atomic E-state index is -1.18. The molecule has 0 saturated carbocycles. The fourth-order valence-electron chi connectivity index (χ4n) is 2.94. The SMILES string of the molecule is COC1(C(=O)O)CCc2ccc3ccccc3c21. The van der Waals surface area contributed by atoms with Crippen LogP contribution in [-0.2, 0) is 21.6 Å². The van der Waals surface area contributed by atoms with Crippen LogP contribution >= 0.6 is 0 Å². The van der Waals surface area contributed by atoms with Gasteiger partial charge in [0.2, 0.25) is 0 Å². The lowest BCUT2D eigenvalue weighted by Gasteiger charge is -2.25. The summed E-state index contributed by atoms with van der Waals surface area (Å²) in [6, 6.07) is 11.9. The van der Waals surface area contributed by atoms with E-state index in [1.54, 1.807) is 0 Å². The first-order valence-corrected chi connectivity index (χ1v) is 5.99. The molecule has 0 bridgehead atoms. The molecular weight excluding hydrogens is 228 g/mol. The van der Waals surface area contributed by atoms with Crippen LogP contribution in [-0.4, -0.2) is 18.2 Å². The molecule has 1 aliphatic carbocycles. The van der Waals surface area contributed by atoms with Gasteiger partial charge in [-0.1, -0.05) is 36.4 Å². The Kier molecular flexibility index (Phi) is 2.38. The van der Waals surface area contributed by atoms with Crippen molar-refractivity contribution in [3.8, 4) is 0 Å². The van der Waals surface area contributed by atoms with E-state index in [1.165, 1.54) is 7.11 Å². The van der Waals surface area contributed by atoms with E-state index in [4.69, 9.17) is 4.74 Å². The minimum Gasteiger partial charge on any atom is -0.479 e. The molecule has 0 aliphatic heterocycles. The van der Waals surface area contributed by atoms with E-state index in [0.29, 0.717) is 6.42 Å². The van der Waals surface area contributed by atoms with Gasteiger partial charge >= 0.3 is 5.97 Å². The predicted octanol–water partition coefficient (Wildman–Crippen LogP) is 2.71. The predicted molar refractivity (Wildman–Crippen MR) is 68.6 cm³/mol. The second-order valence-corrected chi connectivity index (χ2v) is 4.66. The molecule has 1 atom stereocenters. The molecule has 1 unspecified atom stereocenters. The highest BCUT2D eigenvalue weighted by Crippen LogP contribution is 2.43. The number of rotatable bonds is 2. The molecule has 0 amide bonds. The molecule has 18 heavy (non-hydrogen) atoms. The van der Waals surface area contributed by atoms with Crippen LogP contribution in [0.4, 0.5) is 0 Å². The molecule has 0 spiro atoms. The van der Waals surface area contributed by atoms with Crippen LogP contribution in [0.1, 0.15) is 17.5 Å². The Bertz CT molecular complexity index is 633. The van der Waals surface area contributed by atoms with Gasteiger partial charge in [0.05, 0.1) is 0 Å². The quantitative estimate of drug-likeness (QED) is 0.880. The van der Waals surface area contributed by atoms with Crippen LogP contribution in [0.2, 0.25) is 0 Å². The van der Waals surface area contributed by atoms with Crippen molar-refractivity contribution in [3.05, 3.63) is 47.5 Å². The molecule has 0 fully saturated rings. The van der Waals surface area contributed by atoms with Gasteiger partial charge in [-0.15, -0.1) is 0 Å². The highest BCUT2D eigenvalue weighted by atomic mass is 16.5. The van der Waals surface area contributed by atoms with E-state index in [9.17, 15) is 9.90 Å². The fourth-order valence-corrected chi connectivity index (χ4v) is 2.94. The van der Waals surface area contributed by atoms with Crippen molar-refractivity contribution in [2.75, 3.05) is 7.11 Å². The van der Waals surface area contributed by atoms with E-state index < -0.39 is 11.6 Å². The first kappa shape index (κ1) is 11.2. The average molecular weight is 242 g/mol. The summed E-state index contributed by atoms with van der Waals surface area (Å²) in [4.78, 5) is 11.6. The topological polar surface area (TPSA) is 46.5 Å². The summed E-state index contributed by atoms with van der Waals surface area (Å²) >= 11 is 0. The summed E-state index contributed by atoms with van der Waals surface area (Å²) in [5.74, 6) is -0.903. The monoisotopic (exact) mass is 242 g/mol. The first-order chi connectivity index (χ1) is 8.69. The lowest BCUT2D eigenvalue weighted by Crippen LogP contribution is -2.35. The molecule has 0 heterocycles. The Morgan fingerprint density at radius 1 is 1.28 bits per heavy atom. The molecule has 92 valence electrons. The Hall–Kier alpha value is -1.87. The molecule has 2 aromatic carbocycles. The summed E-state index contributed by atoms with van der Waals surface area (Å²) in [5.41, 5.74) is 0.726. The average Bonchev–Trinajstić information content (AvgIpc) is 2.79. The molecule has 3 nitrogen and oxygen atoms in total. The Labute approximate surface area is 105 Å². The number of ether oxygens (including phenoxy) is 1. The lowest BCUT2D eigenvalue weighted by atomic mass is 9.91. The van der Waals surface area contributed by atoms with Crippen molar-refractivity contribution in [1.82, 2.24) is 0 Å². The minimum absolute atomic E-state index is 0.502. The smallest absolute Gasteiger partial charge is 0.340 e. The molecular formula is C15H14O3. The van der Waals surface area contributed by atoms with Gasteiger partial charge in [0.1, 0.15) is 0 Å². The largest absolute Gasteiger partial charge is 0.479 e. The second-order valence-electron chi connectivity index (χ2n) is 4.66. The third-order valence-corrected chi connectivity index (χ3v) is 3.86. The van der Waals surface area contributed by atoms with Crippen LogP contribution in [0.5, 0.6) is 0 Å². The van der Waals surface area contributed by atoms with Gasteiger partial charge in [0.25, 0.3) is 0 Å². The van der Waals surface area contributed by atoms with Gasteiger partial charge < -0.3 is 9.84 Å². The first-order valence-electron chi connectivity index (χ1n) is 5.99. The molecule has 0 radical (unpaired) electrons. The third-order valence-electron chi connectivity index (χ3n) is 3.86. The van der Waals surface area contributed by atoms with Crippen molar-refractivity contribution in [2.45, 2.75) is 18.4 Å². The van der Waals surface area contributed by atoms with Gasteiger partial charge in [0, 0.05) is 12.7 Å². The Morgan fingerprint density at radius 3 is 2.78 bits per heavy atom. The number of aliphatic carboxylic acids is 1. The summed E-state index contributed by atoms with van der Waals surface area (Å²) in [6.07, 6.45) is 1.25. The summed E-state index contributed by atoms with van der Waals surface area (Å²) in [5, 5.41) is 11.6. The van der Waals surface area contributed by atoms with Gasteiger partial charge in [-0.3, -0.25) is 0 Å². The van der Waals surface area contributed by atoms with E-state index >= 15 is 0 Å². The molecule has 1 aliphatic rings. The van der Waals surface area contributed by atoms with E-state index in [-0.39, 0.29) is 0 Å². The van der Waals surface area contributed by atoms with Crippen LogP contribution in [0.3, 0.4) is 0 Å². The van der Waals surface area contributed by atoms with Crippen LogP contribution in [0.15, 0.2) is 36.4 Å². The van der Waals surface area contributed by atoms with Crippen LogP contribution in [0, 0.1) is 0 Å². The van der Waals surface area contributed by atoms with Crippen LogP contribution in [0.25, 0.3) is 10.8 Å².